The van der Waals surface area contributed by atoms with E-state index in [4.69, 9.17) is 0 Å². The van der Waals surface area contributed by atoms with E-state index in [1.807, 2.05) is 0 Å². The largest absolute Gasteiger partial charge is 0.314 e. The van der Waals surface area contributed by atoms with Crippen LogP contribution in [0.4, 0.5) is 0 Å². The lowest BCUT2D eigenvalue weighted by atomic mass is 10.0. The first-order chi connectivity index (χ1) is 9.52. The van der Waals surface area contributed by atoms with E-state index < -0.39 is 0 Å². The van der Waals surface area contributed by atoms with Gasteiger partial charge in [0.05, 0.1) is 0 Å². The maximum atomic E-state index is 3.77. The molecule has 0 spiro atoms. The highest BCUT2D eigenvalue weighted by molar-refractivity contribution is 4.85. The lowest BCUT2D eigenvalue weighted by Gasteiger charge is -2.31. The molecule has 1 saturated carbocycles. The molecule has 1 rings (SSSR count). The van der Waals surface area contributed by atoms with Crippen molar-refractivity contribution in [3.05, 3.63) is 0 Å². The van der Waals surface area contributed by atoms with Crippen LogP contribution in [0.15, 0.2) is 0 Å². The fraction of sp³-hybridized carbons (Fsp3) is 1.00. The summed E-state index contributed by atoms with van der Waals surface area (Å²) in [4.78, 5) is 5.00. The van der Waals surface area contributed by atoms with E-state index in [0.29, 0.717) is 0 Å². The van der Waals surface area contributed by atoms with Crippen LogP contribution in [-0.2, 0) is 0 Å². The molecule has 0 saturated heterocycles. The molecule has 0 radical (unpaired) electrons. The maximum Gasteiger partial charge on any atom is 0.0109 e. The molecule has 1 aliphatic carbocycles. The molecule has 0 bridgehead atoms. The lowest BCUT2D eigenvalue weighted by Crippen LogP contribution is -2.42. The van der Waals surface area contributed by atoms with Crippen molar-refractivity contribution in [1.29, 1.82) is 0 Å². The Morgan fingerprint density at radius 3 is 2.50 bits per heavy atom. The Labute approximate surface area is 127 Å². The summed E-state index contributed by atoms with van der Waals surface area (Å²) in [5.41, 5.74) is 0. The Morgan fingerprint density at radius 1 is 1.15 bits per heavy atom. The van der Waals surface area contributed by atoms with Crippen molar-refractivity contribution in [3.8, 4) is 0 Å². The zero-order valence-electron chi connectivity index (χ0n) is 14.5. The van der Waals surface area contributed by atoms with Crippen LogP contribution in [0, 0.1) is 11.8 Å². The summed E-state index contributed by atoms with van der Waals surface area (Å²) < 4.78 is 0. The molecule has 0 aromatic rings. The monoisotopic (exact) mass is 283 g/mol. The molecular weight excluding hydrogens is 246 g/mol. The molecule has 0 heterocycles. The Hall–Kier alpha value is -0.120. The predicted molar refractivity (Wildman–Crippen MR) is 89.3 cm³/mol. The van der Waals surface area contributed by atoms with Crippen molar-refractivity contribution in [2.75, 3.05) is 46.8 Å². The average molecular weight is 284 g/mol. The number of rotatable bonds is 10. The lowest BCUT2D eigenvalue weighted by molar-refractivity contribution is 0.179. The van der Waals surface area contributed by atoms with Gasteiger partial charge in [-0.25, -0.2) is 0 Å². The Kier molecular flexibility index (Phi) is 8.74. The van der Waals surface area contributed by atoms with Crippen LogP contribution in [-0.4, -0.2) is 62.7 Å². The molecule has 0 aromatic carbocycles. The van der Waals surface area contributed by atoms with Crippen LogP contribution in [0.5, 0.6) is 0 Å². The molecule has 1 aliphatic rings. The Bertz CT molecular complexity index is 240. The highest BCUT2D eigenvalue weighted by atomic mass is 15.2. The van der Waals surface area contributed by atoms with Gasteiger partial charge in [-0.05, 0) is 51.7 Å². The summed E-state index contributed by atoms with van der Waals surface area (Å²) in [6.45, 7) is 13.0. The first kappa shape index (κ1) is 17.9. The highest BCUT2D eigenvalue weighted by Crippen LogP contribution is 2.26. The SMILES string of the molecule is CCCNC1CCCC1CN(CCN(C)C)CC(C)C. The van der Waals surface area contributed by atoms with Gasteiger partial charge < -0.3 is 15.1 Å². The average Bonchev–Trinajstić information content (AvgIpc) is 2.80. The van der Waals surface area contributed by atoms with E-state index in [0.717, 1.165) is 17.9 Å². The van der Waals surface area contributed by atoms with Crippen molar-refractivity contribution >= 4 is 0 Å². The minimum absolute atomic E-state index is 0.764. The van der Waals surface area contributed by atoms with Gasteiger partial charge >= 0.3 is 0 Å². The molecule has 0 aliphatic heterocycles. The maximum absolute atomic E-state index is 3.77. The number of hydrogen-bond donors (Lipinski definition) is 1. The van der Waals surface area contributed by atoms with Crippen LogP contribution < -0.4 is 5.32 Å². The Balaban J connectivity index is 2.44. The third-order valence-electron chi connectivity index (χ3n) is 4.30. The fourth-order valence-electron chi connectivity index (χ4n) is 3.30. The summed E-state index contributed by atoms with van der Waals surface area (Å²) in [6.07, 6.45) is 5.46. The summed E-state index contributed by atoms with van der Waals surface area (Å²) in [6, 6.07) is 0.768. The van der Waals surface area contributed by atoms with Gasteiger partial charge in [0, 0.05) is 32.2 Å². The second kappa shape index (κ2) is 9.75. The zero-order chi connectivity index (χ0) is 15.0. The van der Waals surface area contributed by atoms with Gasteiger partial charge in [-0.15, -0.1) is 0 Å². The number of nitrogens with zero attached hydrogens (tertiary/aromatic N) is 2. The van der Waals surface area contributed by atoms with Gasteiger partial charge in [0.1, 0.15) is 0 Å². The van der Waals surface area contributed by atoms with E-state index in [-0.39, 0.29) is 0 Å². The first-order valence-corrected chi connectivity index (χ1v) is 8.63. The standard InChI is InChI=1S/C17H37N3/c1-6-10-18-17-9-7-8-16(17)14-20(13-15(2)3)12-11-19(4)5/h15-18H,6-14H2,1-5H3. The van der Waals surface area contributed by atoms with Gasteiger partial charge in [-0.2, -0.15) is 0 Å². The van der Waals surface area contributed by atoms with Crippen LogP contribution >= 0.6 is 0 Å². The minimum atomic E-state index is 0.764. The number of nitrogens with one attached hydrogen (secondary N) is 1. The second-order valence-corrected chi connectivity index (χ2v) is 7.21. The molecule has 120 valence electrons. The van der Waals surface area contributed by atoms with Crippen molar-refractivity contribution in [2.24, 2.45) is 11.8 Å². The van der Waals surface area contributed by atoms with E-state index >= 15 is 0 Å². The Morgan fingerprint density at radius 2 is 1.90 bits per heavy atom. The quantitative estimate of drug-likeness (QED) is 0.665. The topological polar surface area (TPSA) is 18.5 Å². The normalized spacial score (nSPS) is 23.4. The van der Waals surface area contributed by atoms with Crippen molar-refractivity contribution in [1.82, 2.24) is 15.1 Å². The van der Waals surface area contributed by atoms with Gasteiger partial charge in [-0.1, -0.05) is 27.2 Å². The van der Waals surface area contributed by atoms with Crippen LogP contribution in [0.3, 0.4) is 0 Å². The molecule has 20 heavy (non-hydrogen) atoms. The summed E-state index contributed by atoms with van der Waals surface area (Å²) in [5, 5.41) is 3.77. The van der Waals surface area contributed by atoms with Crippen LogP contribution in [0.25, 0.3) is 0 Å². The highest BCUT2D eigenvalue weighted by Gasteiger charge is 2.28. The second-order valence-electron chi connectivity index (χ2n) is 7.21. The third kappa shape index (κ3) is 7.05. The molecule has 1 fully saturated rings. The van der Waals surface area contributed by atoms with E-state index in [1.54, 1.807) is 0 Å². The summed E-state index contributed by atoms with van der Waals surface area (Å²) in [5.74, 6) is 1.63. The number of hydrogen-bond acceptors (Lipinski definition) is 3. The molecule has 0 aromatic heterocycles. The van der Waals surface area contributed by atoms with E-state index in [1.165, 1.54) is 58.4 Å². The van der Waals surface area contributed by atoms with E-state index in [2.05, 4.69) is 50.0 Å². The first-order valence-electron chi connectivity index (χ1n) is 8.63. The van der Waals surface area contributed by atoms with E-state index in [9.17, 15) is 0 Å². The van der Waals surface area contributed by atoms with Gasteiger partial charge in [0.15, 0.2) is 0 Å². The smallest absolute Gasteiger partial charge is 0.0109 e. The van der Waals surface area contributed by atoms with Crippen molar-refractivity contribution in [2.45, 2.75) is 52.5 Å². The molecule has 2 atom stereocenters. The molecule has 2 unspecified atom stereocenters. The molecule has 3 nitrogen and oxygen atoms in total. The van der Waals surface area contributed by atoms with Gasteiger partial charge in [0.2, 0.25) is 0 Å². The number of likely N-dealkylation sites (N-methyl/N-ethyl adjacent to an activating group) is 1. The van der Waals surface area contributed by atoms with Crippen LogP contribution in [0.1, 0.15) is 46.5 Å². The van der Waals surface area contributed by atoms with Crippen molar-refractivity contribution in [3.63, 3.8) is 0 Å². The van der Waals surface area contributed by atoms with Gasteiger partial charge in [-0.3, -0.25) is 0 Å². The predicted octanol–water partition coefficient (Wildman–Crippen LogP) is 2.67. The van der Waals surface area contributed by atoms with Gasteiger partial charge in [0.25, 0.3) is 0 Å². The molecule has 1 N–H and O–H groups in total. The summed E-state index contributed by atoms with van der Waals surface area (Å²) in [7, 11) is 4.35. The molecule has 3 heteroatoms. The fourth-order valence-corrected chi connectivity index (χ4v) is 3.30. The van der Waals surface area contributed by atoms with Crippen molar-refractivity contribution < 1.29 is 0 Å². The molecule has 0 amide bonds. The minimum Gasteiger partial charge on any atom is -0.314 e. The third-order valence-corrected chi connectivity index (χ3v) is 4.30. The molecular formula is C17H37N3. The zero-order valence-corrected chi connectivity index (χ0v) is 14.5. The summed E-state index contributed by atoms with van der Waals surface area (Å²) >= 11 is 0. The van der Waals surface area contributed by atoms with Crippen LogP contribution in [0.2, 0.25) is 0 Å².